The Labute approximate surface area is 116 Å². The zero-order chi connectivity index (χ0) is 13.2. The summed E-state index contributed by atoms with van der Waals surface area (Å²) in [6.45, 7) is 5.60. The summed E-state index contributed by atoms with van der Waals surface area (Å²) in [5, 5.41) is 17.3. The van der Waals surface area contributed by atoms with Crippen LogP contribution in [0.5, 0.6) is 0 Å². The van der Waals surface area contributed by atoms with E-state index in [-0.39, 0.29) is 12.4 Å². The average Bonchev–Trinajstić information content (AvgIpc) is 2.42. The molecule has 19 heavy (non-hydrogen) atoms. The normalized spacial score (nSPS) is 42.0. The number of rotatable bonds is 2. The van der Waals surface area contributed by atoms with Crippen molar-refractivity contribution in [1.29, 1.82) is 0 Å². The van der Waals surface area contributed by atoms with Gasteiger partial charge in [-0.25, -0.2) is 0 Å². The van der Waals surface area contributed by atoms with Gasteiger partial charge in [-0.3, -0.25) is 15.5 Å². The van der Waals surface area contributed by atoms with Gasteiger partial charge in [0.15, 0.2) is 0 Å². The van der Waals surface area contributed by atoms with Crippen molar-refractivity contribution in [3.8, 4) is 0 Å². The average molecular weight is 268 g/mol. The molecule has 1 aliphatic carbocycles. The highest BCUT2D eigenvalue weighted by atomic mass is 16.3. The van der Waals surface area contributed by atoms with E-state index in [0.717, 1.165) is 39.1 Å². The van der Waals surface area contributed by atoms with Crippen LogP contribution < -0.4 is 10.6 Å². The Hall–Kier alpha value is -0.200. The molecule has 3 fully saturated rings. The molecular weight excluding hydrogens is 240 g/mol. The third kappa shape index (κ3) is 3.28. The number of hydrogen-bond donors (Lipinski definition) is 3. The molecule has 3 N–H and O–H groups in total. The van der Waals surface area contributed by atoms with E-state index in [1.807, 2.05) is 0 Å². The Balaban J connectivity index is 1.51. The molecular formula is C14H28N4O. The molecule has 2 saturated heterocycles. The van der Waals surface area contributed by atoms with Gasteiger partial charge >= 0.3 is 0 Å². The van der Waals surface area contributed by atoms with Crippen LogP contribution in [-0.2, 0) is 0 Å². The Morgan fingerprint density at radius 1 is 1.05 bits per heavy atom. The van der Waals surface area contributed by atoms with Gasteiger partial charge in [0.25, 0.3) is 0 Å². The summed E-state index contributed by atoms with van der Waals surface area (Å²) in [6.07, 6.45) is 4.89. The van der Waals surface area contributed by atoms with Gasteiger partial charge in [0.2, 0.25) is 0 Å². The van der Waals surface area contributed by atoms with E-state index in [9.17, 15) is 5.11 Å². The van der Waals surface area contributed by atoms with Crippen LogP contribution in [0.2, 0.25) is 0 Å². The number of hydrogen-bond acceptors (Lipinski definition) is 5. The van der Waals surface area contributed by atoms with Gasteiger partial charge in [-0.15, -0.1) is 0 Å². The fraction of sp³-hybridized carbons (Fsp3) is 1.00. The van der Waals surface area contributed by atoms with E-state index < -0.39 is 0 Å². The fourth-order valence-corrected chi connectivity index (χ4v) is 3.77. The highest BCUT2D eigenvalue weighted by Gasteiger charge is 2.37. The number of likely N-dealkylation sites (N-methyl/N-ethyl adjacent to an activating group) is 1. The zero-order valence-electron chi connectivity index (χ0n) is 12.0. The van der Waals surface area contributed by atoms with Crippen molar-refractivity contribution in [2.45, 2.75) is 44.1 Å². The number of nitrogens with zero attached hydrogens (tertiary/aromatic N) is 2. The van der Waals surface area contributed by atoms with Crippen molar-refractivity contribution in [1.82, 2.24) is 20.4 Å². The van der Waals surface area contributed by atoms with Gasteiger partial charge in [0.1, 0.15) is 6.23 Å². The second kappa shape index (κ2) is 6.06. The zero-order valence-corrected chi connectivity index (χ0v) is 12.0. The Morgan fingerprint density at radius 2 is 1.79 bits per heavy atom. The Morgan fingerprint density at radius 3 is 2.58 bits per heavy atom. The van der Waals surface area contributed by atoms with E-state index in [1.54, 1.807) is 0 Å². The van der Waals surface area contributed by atoms with Crippen molar-refractivity contribution in [2.24, 2.45) is 5.92 Å². The molecule has 0 amide bonds. The van der Waals surface area contributed by atoms with E-state index in [4.69, 9.17) is 0 Å². The molecule has 0 bridgehead atoms. The van der Waals surface area contributed by atoms with Crippen LogP contribution in [0.15, 0.2) is 0 Å². The lowest BCUT2D eigenvalue weighted by atomic mass is 9.81. The standard InChI is InChI=1S/C14H28N4O/c1-17-6-8-18(9-7-17)10-13-15-12-5-3-2-4-11(12)14(19)16-13/h11-16,19H,2-10H2,1H3. The maximum atomic E-state index is 10.3. The molecule has 2 aliphatic heterocycles. The van der Waals surface area contributed by atoms with Crippen LogP contribution in [0.4, 0.5) is 0 Å². The second-order valence-electron chi connectivity index (χ2n) is 6.49. The molecule has 1 saturated carbocycles. The Bertz CT molecular complexity index is 293. The molecule has 0 aromatic rings. The van der Waals surface area contributed by atoms with Crippen LogP contribution >= 0.6 is 0 Å². The first kappa shape index (κ1) is 13.8. The van der Waals surface area contributed by atoms with Crippen LogP contribution in [0.25, 0.3) is 0 Å². The van der Waals surface area contributed by atoms with E-state index >= 15 is 0 Å². The summed E-state index contributed by atoms with van der Waals surface area (Å²) >= 11 is 0. The number of nitrogens with one attached hydrogen (secondary N) is 2. The predicted molar refractivity (Wildman–Crippen MR) is 75.7 cm³/mol. The summed E-state index contributed by atoms with van der Waals surface area (Å²) in [5.74, 6) is 0.414. The molecule has 110 valence electrons. The first-order valence-corrected chi connectivity index (χ1v) is 7.83. The number of fused-ring (bicyclic) bond motifs is 1. The maximum absolute atomic E-state index is 10.3. The molecule has 3 rings (SSSR count). The van der Waals surface area contributed by atoms with Crippen LogP contribution in [0.3, 0.4) is 0 Å². The molecule has 4 unspecified atom stereocenters. The summed E-state index contributed by atoms with van der Waals surface area (Å²) in [6, 6.07) is 0.516. The lowest BCUT2D eigenvalue weighted by Crippen LogP contribution is -2.67. The molecule has 0 radical (unpaired) electrons. The molecule has 4 atom stereocenters. The lowest BCUT2D eigenvalue weighted by Gasteiger charge is -2.46. The van der Waals surface area contributed by atoms with Gasteiger partial charge in [-0.2, -0.15) is 0 Å². The first-order valence-electron chi connectivity index (χ1n) is 7.83. The first-order chi connectivity index (χ1) is 9.22. The lowest BCUT2D eigenvalue weighted by molar-refractivity contribution is -0.0227. The van der Waals surface area contributed by atoms with Crippen LogP contribution in [-0.4, -0.2) is 73.1 Å². The number of aliphatic hydroxyl groups excluding tert-OH is 1. The minimum Gasteiger partial charge on any atom is -0.378 e. The summed E-state index contributed by atoms with van der Waals surface area (Å²) in [4.78, 5) is 4.88. The molecule has 0 aromatic carbocycles. The van der Waals surface area contributed by atoms with Crippen molar-refractivity contribution < 1.29 is 5.11 Å². The highest BCUT2D eigenvalue weighted by molar-refractivity contribution is 4.92. The monoisotopic (exact) mass is 268 g/mol. The molecule has 5 nitrogen and oxygen atoms in total. The number of piperazine rings is 1. The van der Waals surface area contributed by atoms with Crippen molar-refractivity contribution in [2.75, 3.05) is 39.8 Å². The van der Waals surface area contributed by atoms with Gasteiger partial charge in [-0.05, 0) is 19.9 Å². The topological polar surface area (TPSA) is 50.8 Å². The van der Waals surface area contributed by atoms with Crippen molar-refractivity contribution in [3.05, 3.63) is 0 Å². The largest absolute Gasteiger partial charge is 0.378 e. The van der Waals surface area contributed by atoms with E-state index in [2.05, 4.69) is 27.5 Å². The van der Waals surface area contributed by atoms with E-state index in [1.165, 1.54) is 19.3 Å². The number of aliphatic hydroxyl groups is 1. The summed E-state index contributed by atoms with van der Waals surface area (Å²) in [7, 11) is 2.19. The van der Waals surface area contributed by atoms with Crippen molar-refractivity contribution in [3.63, 3.8) is 0 Å². The Kier molecular flexibility index (Phi) is 4.39. The molecule has 0 aromatic heterocycles. The van der Waals surface area contributed by atoms with Gasteiger partial charge in [0, 0.05) is 44.7 Å². The molecule has 0 spiro atoms. The maximum Gasteiger partial charge on any atom is 0.110 e. The van der Waals surface area contributed by atoms with Gasteiger partial charge in [-0.1, -0.05) is 12.8 Å². The van der Waals surface area contributed by atoms with Gasteiger partial charge < -0.3 is 10.0 Å². The SMILES string of the molecule is CN1CCN(CC2NC(O)C3CCCCC3N2)CC1. The minimum absolute atomic E-state index is 0.248. The second-order valence-corrected chi connectivity index (χ2v) is 6.49. The van der Waals surface area contributed by atoms with Gasteiger partial charge in [0.05, 0.1) is 6.17 Å². The molecule has 2 heterocycles. The fourth-order valence-electron chi connectivity index (χ4n) is 3.77. The molecule has 5 heteroatoms. The molecule has 3 aliphatic rings. The van der Waals surface area contributed by atoms with Crippen LogP contribution in [0.1, 0.15) is 25.7 Å². The van der Waals surface area contributed by atoms with Crippen molar-refractivity contribution >= 4 is 0 Å². The van der Waals surface area contributed by atoms with Crippen LogP contribution in [0, 0.1) is 5.92 Å². The summed E-state index contributed by atoms with van der Waals surface area (Å²) in [5.41, 5.74) is 0. The highest BCUT2D eigenvalue weighted by Crippen LogP contribution is 2.29. The third-order valence-corrected chi connectivity index (χ3v) is 5.05. The smallest absolute Gasteiger partial charge is 0.110 e. The minimum atomic E-state index is -0.316. The predicted octanol–water partition coefficient (Wildman–Crippen LogP) is -0.370. The third-order valence-electron chi connectivity index (χ3n) is 5.05. The quantitative estimate of drug-likeness (QED) is 0.638. The summed E-state index contributed by atoms with van der Waals surface area (Å²) < 4.78 is 0. The van der Waals surface area contributed by atoms with E-state index in [0.29, 0.717) is 12.0 Å².